The summed E-state index contributed by atoms with van der Waals surface area (Å²) < 4.78 is 0. The fourth-order valence-corrected chi connectivity index (χ4v) is 8.04. The molecule has 0 spiro atoms. The molecule has 0 saturated carbocycles. The van der Waals surface area contributed by atoms with Crippen molar-refractivity contribution in [2.75, 3.05) is 0 Å². The van der Waals surface area contributed by atoms with Crippen LogP contribution in [0.1, 0.15) is 130 Å². The quantitative estimate of drug-likeness (QED) is 0.155. The summed E-state index contributed by atoms with van der Waals surface area (Å²) in [6.45, 7) is 23.0. The highest BCUT2D eigenvalue weighted by Crippen LogP contribution is 2.33. The van der Waals surface area contributed by atoms with Gasteiger partial charge >= 0.3 is 0 Å². The Bertz CT molecular complexity index is 1880. The third-order valence-corrected chi connectivity index (χ3v) is 9.75. The maximum Gasteiger partial charge on any atom is 0.194 e. The molecular formula is C46H46O4. The Kier molecular flexibility index (Phi) is 9.80. The van der Waals surface area contributed by atoms with E-state index in [2.05, 4.69) is 0 Å². The SMILES string of the molecule is Cc1cc(C)c(C(=O)c2cc(C(=O)c3c(C)cc(C)cc3C)c(C(=O)c3c(C)cc(C)cc3C)cc2C(=O)c2c(C)cc(C)cc2C)c(C)c1. The van der Waals surface area contributed by atoms with Gasteiger partial charge in [0.1, 0.15) is 0 Å². The fourth-order valence-electron chi connectivity index (χ4n) is 8.04. The van der Waals surface area contributed by atoms with Gasteiger partial charge in [0.2, 0.25) is 0 Å². The zero-order valence-electron chi connectivity index (χ0n) is 31.4. The fraction of sp³-hybridized carbons (Fsp3) is 0.261. The van der Waals surface area contributed by atoms with E-state index >= 15 is 0 Å². The van der Waals surface area contributed by atoms with E-state index in [1.165, 1.54) is 12.1 Å². The first-order valence-electron chi connectivity index (χ1n) is 17.1. The first kappa shape index (κ1) is 36.1. The summed E-state index contributed by atoms with van der Waals surface area (Å²) in [5, 5.41) is 0. The van der Waals surface area contributed by atoms with Crippen molar-refractivity contribution in [3.63, 3.8) is 0 Å². The van der Waals surface area contributed by atoms with Crippen molar-refractivity contribution >= 4 is 23.1 Å². The molecule has 0 radical (unpaired) electrons. The topological polar surface area (TPSA) is 68.3 Å². The Morgan fingerprint density at radius 1 is 0.260 bits per heavy atom. The lowest BCUT2D eigenvalue weighted by Crippen LogP contribution is -2.21. The van der Waals surface area contributed by atoms with Crippen LogP contribution in [0.5, 0.6) is 0 Å². The minimum atomic E-state index is -0.362. The number of benzene rings is 5. The molecule has 5 rings (SSSR count). The van der Waals surface area contributed by atoms with Gasteiger partial charge in [-0.15, -0.1) is 0 Å². The van der Waals surface area contributed by atoms with Crippen LogP contribution in [0, 0.1) is 83.1 Å². The van der Waals surface area contributed by atoms with E-state index in [9.17, 15) is 19.2 Å². The number of hydrogen-bond donors (Lipinski definition) is 0. The number of rotatable bonds is 8. The molecule has 0 aliphatic carbocycles. The van der Waals surface area contributed by atoms with Crippen LogP contribution in [-0.2, 0) is 0 Å². The minimum Gasteiger partial charge on any atom is -0.289 e. The summed E-state index contributed by atoms with van der Waals surface area (Å²) in [6, 6.07) is 18.6. The number of carbonyl (C=O) groups excluding carboxylic acids is 4. The van der Waals surface area contributed by atoms with Gasteiger partial charge in [0, 0.05) is 44.5 Å². The molecule has 0 saturated heterocycles. The normalized spacial score (nSPS) is 11.1. The van der Waals surface area contributed by atoms with Gasteiger partial charge in [0.25, 0.3) is 0 Å². The molecule has 0 atom stereocenters. The van der Waals surface area contributed by atoms with Gasteiger partial charge in [-0.05, 0) is 140 Å². The molecule has 0 amide bonds. The molecule has 0 heterocycles. The van der Waals surface area contributed by atoms with E-state index in [1.807, 2.05) is 132 Å². The second-order valence-electron chi connectivity index (χ2n) is 14.4. The van der Waals surface area contributed by atoms with Crippen LogP contribution >= 0.6 is 0 Å². The zero-order valence-corrected chi connectivity index (χ0v) is 31.4. The first-order valence-corrected chi connectivity index (χ1v) is 17.1. The summed E-state index contributed by atoms with van der Waals surface area (Å²) in [6.07, 6.45) is 0. The van der Waals surface area contributed by atoms with Crippen LogP contribution in [0.25, 0.3) is 0 Å². The van der Waals surface area contributed by atoms with Crippen molar-refractivity contribution in [3.8, 4) is 0 Å². The van der Waals surface area contributed by atoms with E-state index in [-0.39, 0.29) is 45.4 Å². The highest BCUT2D eigenvalue weighted by Gasteiger charge is 2.31. The Labute approximate surface area is 296 Å². The number of ketones is 4. The van der Waals surface area contributed by atoms with Gasteiger partial charge in [-0.1, -0.05) is 70.8 Å². The van der Waals surface area contributed by atoms with Crippen LogP contribution in [0.15, 0.2) is 60.7 Å². The molecule has 0 fully saturated rings. The van der Waals surface area contributed by atoms with Crippen molar-refractivity contribution in [2.45, 2.75) is 83.1 Å². The molecule has 4 nitrogen and oxygen atoms in total. The minimum absolute atomic E-state index is 0.101. The predicted octanol–water partition coefficient (Wildman–Crippen LogP) is 10.3. The molecular weight excluding hydrogens is 617 g/mol. The van der Waals surface area contributed by atoms with Gasteiger partial charge in [0.15, 0.2) is 23.1 Å². The molecule has 5 aromatic rings. The molecule has 0 aliphatic rings. The summed E-state index contributed by atoms with van der Waals surface area (Å²) in [7, 11) is 0. The number of carbonyl (C=O) groups is 4. The predicted molar refractivity (Wildman–Crippen MR) is 203 cm³/mol. The van der Waals surface area contributed by atoms with E-state index in [4.69, 9.17) is 0 Å². The van der Waals surface area contributed by atoms with Gasteiger partial charge in [-0.3, -0.25) is 19.2 Å². The van der Waals surface area contributed by atoms with Crippen LogP contribution in [-0.4, -0.2) is 23.1 Å². The molecule has 0 bridgehead atoms. The summed E-state index contributed by atoms with van der Waals surface area (Å²) in [5.41, 5.74) is 12.6. The Morgan fingerprint density at radius 2 is 0.400 bits per heavy atom. The average molecular weight is 663 g/mol. The molecule has 0 N–H and O–H groups in total. The molecule has 50 heavy (non-hydrogen) atoms. The number of hydrogen-bond acceptors (Lipinski definition) is 4. The second-order valence-corrected chi connectivity index (χ2v) is 14.4. The lowest BCUT2D eigenvalue weighted by Gasteiger charge is -2.20. The third kappa shape index (κ3) is 6.55. The van der Waals surface area contributed by atoms with Gasteiger partial charge in [-0.25, -0.2) is 0 Å². The summed E-state index contributed by atoms with van der Waals surface area (Å²) in [5.74, 6) is -1.45. The molecule has 4 heteroatoms. The van der Waals surface area contributed by atoms with E-state index in [0.29, 0.717) is 22.3 Å². The smallest absolute Gasteiger partial charge is 0.194 e. The van der Waals surface area contributed by atoms with Crippen molar-refractivity contribution in [1.82, 2.24) is 0 Å². The van der Waals surface area contributed by atoms with Gasteiger partial charge in [-0.2, -0.15) is 0 Å². The van der Waals surface area contributed by atoms with Gasteiger partial charge in [0.05, 0.1) is 0 Å². The maximum atomic E-state index is 14.8. The zero-order chi connectivity index (χ0) is 36.9. The molecule has 0 aliphatic heterocycles. The Balaban J connectivity index is 1.93. The molecule has 5 aromatic carbocycles. The summed E-state index contributed by atoms with van der Waals surface area (Å²) >= 11 is 0. The summed E-state index contributed by atoms with van der Waals surface area (Å²) in [4.78, 5) is 59.3. The second kappa shape index (κ2) is 13.6. The first-order chi connectivity index (χ1) is 23.4. The molecule has 0 aromatic heterocycles. The van der Waals surface area contributed by atoms with E-state index in [0.717, 1.165) is 66.8 Å². The molecule has 0 unspecified atom stereocenters. The van der Waals surface area contributed by atoms with E-state index < -0.39 is 0 Å². The standard InChI is InChI=1S/C46H46O4/c1-23-13-27(5)39(28(6)14-23)43(47)35-21-37(45(49)41-31(9)17-25(3)18-32(41)10)38(46(50)42-33(11)19-26(4)20-34(42)12)22-36(35)44(48)40-29(7)15-24(2)16-30(40)8/h13-22H,1-12H3. The largest absolute Gasteiger partial charge is 0.289 e. The van der Waals surface area contributed by atoms with Crippen molar-refractivity contribution < 1.29 is 19.2 Å². The van der Waals surface area contributed by atoms with Gasteiger partial charge < -0.3 is 0 Å². The van der Waals surface area contributed by atoms with Crippen molar-refractivity contribution in [3.05, 3.63) is 172 Å². The van der Waals surface area contributed by atoms with Crippen LogP contribution in [0.4, 0.5) is 0 Å². The third-order valence-electron chi connectivity index (χ3n) is 9.75. The van der Waals surface area contributed by atoms with Crippen LogP contribution in [0.3, 0.4) is 0 Å². The maximum absolute atomic E-state index is 14.8. The highest BCUT2D eigenvalue weighted by molar-refractivity contribution is 6.26. The Morgan fingerprint density at radius 3 is 0.540 bits per heavy atom. The average Bonchev–Trinajstić information content (AvgIpc) is 2.98. The van der Waals surface area contributed by atoms with Crippen LogP contribution in [0.2, 0.25) is 0 Å². The van der Waals surface area contributed by atoms with Crippen LogP contribution < -0.4 is 0 Å². The van der Waals surface area contributed by atoms with Crippen molar-refractivity contribution in [2.24, 2.45) is 0 Å². The Hall–Kier alpha value is -5.22. The monoisotopic (exact) mass is 662 g/mol. The van der Waals surface area contributed by atoms with Crippen molar-refractivity contribution in [1.29, 1.82) is 0 Å². The molecule has 254 valence electrons. The lowest BCUT2D eigenvalue weighted by molar-refractivity contribution is 0.0992. The lowest BCUT2D eigenvalue weighted by atomic mass is 9.81. The number of aryl methyl sites for hydroxylation is 12. The van der Waals surface area contributed by atoms with E-state index in [1.54, 1.807) is 0 Å². The highest BCUT2D eigenvalue weighted by atomic mass is 16.1.